The summed E-state index contributed by atoms with van der Waals surface area (Å²) in [6, 6.07) is 4.40. The fourth-order valence-electron chi connectivity index (χ4n) is 4.73. The van der Waals surface area contributed by atoms with Crippen molar-refractivity contribution in [2.45, 2.75) is 70.4 Å². The Kier molecular flexibility index (Phi) is 6.38. The number of hydrogen-bond donors (Lipinski definition) is 3. The monoisotopic (exact) mass is 455 g/mol. The van der Waals surface area contributed by atoms with Gasteiger partial charge in [-0.15, -0.1) is 0 Å². The van der Waals surface area contributed by atoms with Crippen molar-refractivity contribution in [3.63, 3.8) is 0 Å². The average Bonchev–Trinajstić information content (AvgIpc) is 3.58. The van der Waals surface area contributed by atoms with Crippen LogP contribution >= 0.6 is 0 Å². The minimum Gasteiger partial charge on any atom is -0.393 e. The van der Waals surface area contributed by atoms with E-state index in [-0.39, 0.29) is 29.6 Å². The summed E-state index contributed by atoms with van der Waals surface area (Å²) in [6.07, 6.45) is 3.98. The summed E-state index contributed by atoms with van der Waals surface area (Å²) in [5.74, 6) is -1.87. The summed E-state index contributed by atoms with van der Waals surface area (Å²) in [5, 5.41) is 15.2. The minimum absolute atomic E-state index is 0.145. The number of Topliss-reactive ketones (excluding diaryl/α,β-unsaturated/α-hetero) is 1. The molecule has 2 saturated carbocycles. The number of aliphatic hydroxyl groups is 1. The van der Waals surface area contributed by atoms with Crippen LogP contribution in [0.4, 0.5) is 10.1 Å². The highest BCUT2D eigenvalue weighted by Crippen LogP contribution is 2.42. The molecule has 4 rings (SSSR count). The van der Waals surface area contributed by atoms with Gasteiger partial charge in [-0.05, 0) is 87.6 Å². The van der Waals surface area contributed by atoms with Gasteiger partial charge < -0.3 is 20.3 Å². The minimum atomic E-state index is -0.709. The fraction of sp³-hybridized carbons (Fsp3) is 0.480. The second kappa shape index (κ2) is 9.09. The number of halogens is 1. The van der Waals surface area contributed by atoms with Crippen molar-refractivity contribution in [2.75, 3.05) is 5.32 Å². The number of nitrogens with zero attached hydrogens (tertiary/aromatic N) is 1. The van der Waals surface area contributed by atoms with E-state index in [1.54, 1.807) is 31.5 Å². The van der Waals surface area contributed by atoms with Gasteiger partial charge >= 0.3 is 0 Å². The molecular formula is C25H30FN3O4. The Morgan fingerprint density at radius 3 is 2.36 bits per heavy atom. The van der Waals surface area contributed by atoms with Crippen LogP contribution in [0.5, 0.6) is 0 Å². The molecule has 0 atom stereocenters. The molecule has 176 valence electrons. The number of amides is 2. The third-order valence-electron chi connectivity index (χ3n) is 6.88. The molecule has 0 radical (unpaired) electrons. The maximum atomic E-state index is 14.1. The summed E-state index contributed by atoms with van der Waals surface area (Å²) >= 11 is 0. The number of aliphatic hydroxyl groups excluding tert-OH is 1. The van der Waals surface area contributed by atoms with Gasteiger partial charge in [-0.25, -0.2) is 4.39 Å². The van der Waals surface area contributed by atoms with Crippen molar-refractivity contribution in [3.8, 4) is 0 Å². The number of hydrogen-bond acceptors (Lipinski definition) is 4. The molecule has 2 aliphatic rings. The van der Waals surface area contributed by atoms with Gasteiger partial charge in [0.25, 0.3) is 17.6 Å². The Morgan fingerprint density at radius 2 is 1.73 bits per heavy atom. The molecule has 33 heavy (non-hydrogen) atoms. The van der Waals surface area contributed by atoms with Crippen molar-refractivity contribution < 1.29 is 23.9 Å². The molecule has 1 aromatic heterocycles. The Labute approximate surface area is 192 Å². The van der Waals surface area contributed by atoms with Crippen molar-refractivity contribution in [1.29, 1.82) is 0 Å². The molecular weight excluding hydrogens is 425 g/mol. The second-order valence-electron chi connectivity index (χ2n) is 9.27. The van der Waals surface area contributed by atoms with E-state index in [0.29, 0.717) is 53.8 Å². The number of ketones is 1. The van der Waals surface area contributed by atoms with E-state index in [2.05, 4.69) is 10.6 Å². The number of carbonyl (C=O) groups excluding carboxylic acids is 3. The maximum absolute atomic E-state index is 14.1. The number of carbonyl (C=O) groups is 3. The highest BCUT2D eigenvalue weighted by molar-refractivity contribution is 6.43. The van der Waals surface area contributed by atoms with Crippen molar-refractivity contribution in [2.24, 2.45) is 7.05 Å². The molecule has 0 spiro atoms. The molecule has 0 bridgehead atoms. The van der Waals surface area contributed by atoms with E-state index in [4.69, 9.17) is 0 Å². The molecule has 2 aliphatic carbocycles. The standard InChI is InChI=1S/C25H30FN3O4/c1-13-21(24(32)28-17-8-11-20(26)19(12-17)15-4-5-15)14(2)29(3)22(13)23(31)25(33)27-16-6-9-18(30)10-7-16/h8,11-12,15-16,18,30H,4-7,9-10H2,1-3H3,(H,27,33)(H,28,32)/t16-,18+. The smallest absolute Gasteiger partial charge is 0.294 e. The van der Waals surface area contributed by atoms with Crippen molar-refractivity contribution in [3.05, 3.63) is 52.1 Å². The van der Waals surface area contributed by atoms with Crippen LogP contribution in [0.3, 0.4) is 0 Å². The van der Waals surface area contributed by atoms with Gasteiger partial charge in [0.2, 0.25) is 0 Å². The Bertz CT molecular complexity index is 1110. The molecule has 0 unspecified atom stereocenters. The Hall–Kier alpha value is -3.00. The summed E-state index contributed by atoms with van der Waals surface area (Å²) in [4.78, 5) is 38.7. The van der Waals surface area contributed by atoms with E-state index in [0.717, 1.165) is 12.8 Å². The molecule has 2 aromatic rings. The van der Waals surface area contributed by atoms with E-state index in [1.807, 2.05) is 0 Å². The molecule has 3 N–H and O–H groups in total. The van der Waals surface area contributed by atoms with E-state index in [9.17, 15) is 23.9 Å². The summed E-state index contributed by atoms with van der Waals surface area (Å²) in [6.45, 7) is 3.37. The first kappa shape index (κ1) is 23.2. The van der Waals surface area contributed by atoms with Gasteiger partial charge in [0, 0.05) is 24.5 Å². The van der Waals surface area contributed by atoms with Crippen molar-refractivity contribution >= 4 is 23.3 Å². The zero-order valence-corrected chi connectivity index (χ0v) is 19.2. The van der Waals surface area contributed by atoms with Gasteiger partial charge in [-0.3, -0.25) is 14.4 Å². The van der Waals surface area contributed by atoms with Crippen LogP contribution in [0.2, 0.25) is 0 Å². The predicted molar refractivity (Wildman–Crippen MR) is 122 cm³/mol. The average molecular weight is 456 g/mol. The molecule has 8 heteroatoms. The van der Waals surface area contributed by atoms with Crippen LogP contribution in [0.15, 0.2) is 18.2 Å². The first-order valence-electron chi connectivity index (χ1n) is 11.5. The quantitative estimate of drug-likeness (QED) is 0.458. The van der Waals surface area contributed by atoms with Crippen LogP contribution in [0, 0.1) is 19.7 Å². The molecule has 1 aromatic carbocycles. The summed E-state index contributed by atoms with van der Waals surface area (Å²) in [7, 11) is 1.65. The van der Waals surface area contributed by atoms with Gasteiger partial charge in [-0.2, -0.15) is 0 Å². The maximum Gasteiger partial charge on any atom is 0.294 e. The third kappa shape index (κ3) is 4.71. The van der Waals surface area contributed by atoms with Crippen LogP contribution in [-0.4, -0.2) is 39.4 Å². The normalized spacial score (nSPS) is 20.4. The molecule has 2 fully saturated rings. The lowest BCUT2D eigenvalue weighted by Crippen LogP contribution is -2.42. The zero-order chi connectivity index (χ0) is 23.9. The summed E-state index contributed by atoms with van der Waals surface area (Å²) < 4.78 is 15.6. The molecule has 0 aliphatic heterocycles. The van der Waals surface area contributed by atoms with Crippen LogP contribution in [0.25, 0.3) is 0 Å². The molecule has 0 saturated heterocycles. The van der Waals surface area contributed by atoms with E-state index >= 15 is 0 Å². The highest BCUT2D eigenvalue weighted by atomic mass is 19.1. The number of benzene rings is 1. The number of rotatable bonds is 6. The molecule has 1 heterocycles. The number of anilines is 1. The first-order valence-corrected chi connectivity index (χ1v) is 11.5. The Balaban J connectivity index is 1.52. The van der Waals surface area contributed by atoms with Gasteiger partial charge in [-0.1, -0.05) is 0 Å². The van der Waals surface area contributed by atoms with Gasteiger partial charge in [0.15, 0.2) is 0 Å². The van der Waals surface area contributed by atoms with Gasteiger partial charge in [0.1, 0.15) is 5.82 Å². The zero-order valence-electron chi connectivity index (χ0n) is 19.2. The predicted octanol–water partition coefficient (Wildman–Crippen LogP) is 3.51. The van der Waals surface area contributed by atoms with E-state index < -0.39 is 17.6 Å². The van der Waals surface area contributed by atoms with Crippen LogP contribution in [0.1, 0.15) is 82.1 Å². The summed E-state index contributed by atoms with van der Waals surface area (Å²) in [5.41, 5.74) is 2.59. The highest BCUT2D eigenvalue weighted by Gasteiger charge is 2.31. The van der Waals surface area contributed by atoms with Gasteiger partial charge in [0.05, 0.1) is 17.4 Å². The van der Waals surface area contributed by atoms with Crippen LogP contribution in [-0.2, 0) is 11.8 Å². The fourth-order valence-corrected chi connectivity index (χ4v) is 4.73. The lowest BCUT2D eigenvalue weighted by Gasteiger charge is -2.25. The van der Waals surface area contributed by atoms with E-state index in [1.165, 1.54) is 12.1 Å². The third-order valence-corrected chi connectivity index (χ3v) is 6.88. The molecule has 2 amide bonds. The first-order chi connectivity index (χ1) is 15.7. The lowest BCUT2D eigenvalue weighted by molar-refractivity contribution is -0.118. The number of nitrogens with one attached hydrogen (secondary N) is 2. The van der Waals surface area contributed by atoms with Crippen molar-refractivity contribution in [1.82, 2.24) is 9.88 Å². The second-order valence-corrected chi connectivity index (χ2v) is 9.27. The van der Waals surface area contributed by atoms with Crippen LogP contribution < -0.4 is 10.6 Å². The SMILES string of the molecule is Cc1c(C(=O)Nc2ccc(F)c(C3CC3)c2)c(C)n(C)c1C(=O)C(=O)N[C@H]1CC[C@@H](O)CC1. The largest absolute Gasteiger partial charge is 0.393 e. The lowest BCUT2D eigenvalue weighted by atomic mass is 9.93. The topological polar surface area (TPSA) is 100 Å². The molecule has 7 nitrogen and oxygen atoms in total. The Morgan fingerprint density at radius 1 is 1.06 bits per heavy atom. The number of aromatic nitrogens is 1.